The van der Waals surface area contributed by atoms with Gasteiger partial charge in [0.25, 0.3) is 0 Å². The molecule has 1 aliphatic rings. The quantitative estimate of drug-likeness (QED) is 0.467. The summed E-state index contributed by atoms with van der Waals surface area (Å²) in [4.78, 5) is 11.3. The number of hydrogen-bond acceptors (Lipinski definition) is 3. The lowest BCUT2D eigenvalue weighted by Crippen LogP contribution is -2.03. The van der Waals surface area contributed by atoms with E-state index < -0.39 is 0 Å². The van der Waals surface area contributed by atoms with Crippen LogP contribution >= 0.6 is 0 Å². The van der Waals surface area contributed by atoms with Gasteiger partial charge in [0, 0.05) is 12.0 Å². The molecule has 0 aromatic carbocycles. The van der Waals surface area contributed by atoms with Gasteiger partial charge in [0.15, 0.2) is 0 Å². The molecule has 3 nitrogen and oxygen atoms in total. The van der Waals surface area contributed by atoms with Crippen LogP contribution < -0.4 is 0 Å². The molecule has 0 radical (unpaired) electrons. The zero-order valence-electron chi connectivity index (χ0n) is 10.7. The SMILES string of the molecule is C[C@@H]1C=C(C/C=C\CC#CC#CC#CCO)C(=O)O1. The maximum atomic E-state index is 11.3. The predicted molar refractivity (Wildman–Crippen MR) is 72.4 cm³/mol. The highest BCUT2D eigenvalue weighted by Gasteiger charge is 2.20. The van der Waals surface area contributed by atoms with Crippen LogP contribution in [0.5, 0.6) is 0 Å². The van der Waals surface area contributed by atoms with E-state index in [2.05, 4.69) is 35.5 Å². The van der Waals surface area contributed by atoms with Gasteiger partial charge in [0.2, 0.25) is 0 Å². The molecule has 3 heteroatoms. The number of carbonyl (C=O) groups is 1. The highest BCUT2D eigenvalue weighted by Crippen LogP contribution is 2.16. The standard InChI is InChI=1S/C16H14O3/c1-14-13-15(16(18)19-14)11-9-7-5-3-2-4-6-8-10-12-17/h7,9,13-14,17H,5,11-12H2,1H3/b9-7-/t14-/m1/s1. The molecule has 1 atom stereocenters. The molecule has 1 N–H and O–H groups in total. The van der Waals surface area contributed by atoms with Crippen LogP contribution in [-0.2, 0) is 9.53 Å². The molecule has 0 saturated heterocycles. The van der Waals surface area contributed by atoms with Gasteiger partial charge in [0.1, 0.15) is 12.7 Å². The van der Waals surface area contributed by atoms with E-state index in [1.54, 1.807) is 0 Å². The molecule has 0 saturated carbocycles. The van der Waals surface area contributed by atoms with Crippen LogP contribution in [0, 0.1) is 35.5 Å². The van der Waals surface area contributed by atoms with E-state index in [9.17, 15) is 4.79 Å². The number of aliphatic hydroxyl groups is 1. The first-order valence-electron chi connectivity index (χ1n) is 5.87. The van der Waals surface area contributed by atoms with Gasteiger partial charge in [-0.05, 0) is 43.1 Å². The summed E-state index contributed by atoms with van der Waals surface area (Å²) in [5, 5.41) is 8.37. The molecule has 1 rings (SSSR count). The van der Waals surface area contributed by atoms with Crippen LogP contribution in [0.15, 0.2) is 23.8 Å². The Bertz CT molecular complexity index is 562. The highest BCUT2D eigenvalue weighted by molar-refractivity contribution is 5.91. The normalized spacial score (nSPS) is 16.4. The number of ether oxygens (including phenoxy) is 1. The largest absolute Gasteiger partial charge is 0.455 e. The monoisotopic (exact) mass is 254 g/mol. The van der Waals surface area contributed by atoms with Gasteiger partial charge in [-0.3, -0.25) is 0 Å². The van der Waals surface area contributed by atoms with Gasteiger partial charge in [-0.15, -0.1) is 0 Å². The van der Waals surface area contributed by atoms with Gasteiger partial charge in [0.05, 0.1) is 0 Å². The second-order valence-electron chi connectivity index (χ2n) is 3.69. The third-order valence-corrected chi connectivity index (χ3v) is 2.16. The lowest BCUT2D eigenvalue weighted by atomic mass is 10.1. The summed E-state index contributed by atoms with van der Waals surface area (Å²) < 4.78 is 4.97. The molecular formula is C16H14O3. The van der Waals surface area contributed by atoms with Crippen molar-refractivity contribution >= 4 is 5.97 Å². The number of allylic oxidation sites excluding steroid dienone is 2. The summed E-state index contributed by atoms with van der Waals surface area (Å²) in [6.45, 7) is 1.64. The molecule has 0 amide bonds. The Labute approximate surface area is 113 Å². The van der Waals surface area contributed by atoms with Crippen molar-refractivity contribution in [2.24, 2.45) is 0 Å². The van der Waals surface area contributed by atoms with Crippen molar-refractivity contribution in [1.29, 1.82) is 0 Å². The zero-order chi connectivity index (χ0) is 13.9. The van der Waals surface area contributed by atoms with Gasteiger partial charge in [-0.25, -0.2) is 4.79 Å². The van der Waals surface area contributed by atoms with Crippen LogP contribution in [-0.4, -0.2) is 23.8 Å². The van der Waals surface area contributed by atoms with Gasteiger partial charge in [-0.1, -0.05) is 24.0 Å². The Balaban J connectivity index is 2.28. The summed E-state index contributed by atoms with van der Waals surface area (Å²) in [7, 11) is 0. The van der Waals surface area contributed by atoms with Crippen molar-refractivity contribution in [2.75, 3.05) is 6.61 Å². The summed E-state index contributed by atoms with van der Waals surface area (Å²) in [5.41, 5.74) is 0.691. The fourth-order valence-electron chi connectivity index (χ4n) is 1.38. The van der Waals surface area contributed by atoms with Crippen molar-refractivity contribution in [3.63, 3.8) is 0 Å². The average Bonchev–Trinajstić information content (AvgIpc) is 2.70. The van der Waals surface area contributed by atoms with E-state index in [-0.39, 0.29) is 18.7 Å². The van der Waals surface area contributed by atoms with Crippen molar-refractivity contribution in [3.05, 3.63) is 23.8 Å². The molecule has 19 heavy (non-hydrogen) atoms. The Hall–Kier alpha value is -2.41. The minimum absolute atomic E-state index is 0.119. The fraction of sp³-hybridized carbons (Fsp3) is 0.312. The summed E-state index contributed by atoms with van der Waals surface area (Å²) in [6.07, 6.45) is 6.61. The molecule has 0 aromatic rings. The minimum Gasteiger partial charge on any atom is -0.455 e. The van der Waals surface area contributed by atoms with E-state index in [0.29, 0.717) is 18.4 Å². The van der Waals surface area contributed by atoms with Gasteiger partial charge >= 0.3 is 5.97 Å². The lowest BCUT2D eigenvalue weighted by Gasteiger charge is -1.97. The summed E-state index contributed by atoms with van der Waals surface area (Å²) in [6, 6.07) is 0. The Kier molecular flexibility index (Phi) is 6.67. The second kappa shape index (κ2) is 8.65. The number of cyclic esters (lactones) is 1. The number of carbonyl (C=O) groups excluding carboxylic acids is 1. The van der Waals surface area contributed by atoms with Crippen molar-refractivity contribution in [3.8, 4) is 35.5 Å². The maximum Gasteiger partial charge on any atom is 0.334 e. The van der Waals surface area contributed by atoms with Crippen molar-refractivity contribution < 1.29 is 14.6 Å². The molecular weight excluding hydrogens is 240 g/mol. The molecule has 1 aliphatic heterocycles. The minimum atomic E-state index is -0.239. The number of aliphatic hydroxyl groups excluding tert-OH is 1. The Morgan fingerprint density at radius 3 is 2.63 bits per heavy atom. The molecule has 1 heterocycles. The van der Waals surface area contributed by atoms with Crippen LogP contribution in [0.3, 0.4) is 0 Å². The topological polar surface area (TPSA) is 46.5 Å². The molecule has 0 unspecified atom stereocenters. The first kappa shape index (κ1) is 14.7. The number of rotatable bonds is 3. The van der Waals surface area contributed by atoms with Crippen LogP contribution in [0.1, 0.15) is 19.8 Å². The zero-order valence-corrected chi connectivity index (χ0v) is 10.7. The summed E-state index contributed by atoms with van der Waals surface area (Å²) >= 11 is 0. The van der Waals surface area contributed by atoms with E-state index in [4.69, 9.17) is 9.84 Å². The molecule has 0 fully saturated rings. The predicted octanol–water partition coefficient (Wildman–Crippen LogP) is 1.20. The third kappa shape index (κ3) is 6.18. The molecule has 0 bridgehead atoms. The van der Waals surface area contributed by atoms with Crippen molar-refractivity contribution in [2.45, 2.75) is 25.9 Å². The fourth-order valence-corrected chi connectivity index (χ4v) is 1.38. The number of hydrogen-bond donors (Lipinski definition) is 1. The Morgan fingerprint density at radius 1 is 1.26 bits per heavy atom. The third-order valence-electron chi connectivity index (χ3n) is 2.16. The smallest absolute Gasteiger partial charge is 0.334 e. The van der Waals surface area contributed by atoms with Crippen molar-refractivity contribution in [1.82, 2.24) is 0 Å². The highest BCUT2D eigenvalue weighted by atomic mass is 16.5. The molecule has 96 valence electrons. The first-order valence-corrected chi connectivity index (χ1v) is 5.87. The number of esters is 1. The van der Waals surface area contributed by atoms with Crippen LogP contribution in [0.25, 0.3) is 0 Å². The Morgan fingerprint density at radius 2 is 2.00 bits per heavy atom. The van der Waals surface area contributed by atoms with E-state index in [1.165, 1.54) is 0 Å². The summed E-state index contributed by atoms with van der Waals surface area (Å²) in [5.74, 6) is 15.1. The van der Waals surface area contributed by atoms with Crippen LogP contribution in [0.2, 0.25) is 0 Å². The van der Waals surface area contributed by atoms with Gasteiger partial charge in [-0.2, -0.15) is 0 Å². The molecule has 0 spiro atoms. The van der Waals surface area contributed by atoms with E-state index >= 15 is 0 Å². The van der Waals surface area contributed by atoms with Crippen LogP contribution in [0.4, 0.5) is 0 Å². The first-order chi connectivity index (χ1) is 9.24. The molecule has 0 aliphatic carbocycles. The van der Waals surface area contributed by atoms with Gasteiger partial charge < -0.3 is 9.84 Å². The maximum absolute atomic E-state index is 11.3. The molecule has 0 aromatic heterocycles. The second-order valence-corrected chi connectivity index (χ2v) is 3.69. The average molecular weight is 254 g/mol. The van der Waals surface area contributed by atoms with E-state index in [1.807, 2.05) is 25.2 Å². The van der Waals surface area contributed by atoms with E-state index in [0.717, 1.165) is 0 Å². The lowest BCUT2D eigenvalue weighted by molar-refractivity contribution is -0.139.